The highest BCUT2D eigenvalue weighted by atomic mass is 16.5. The number of pyridine rings is 1. The highest BCUT2D eigenvalue weighted by Crippen LogP contribution is 2.12. The Labute approximate surface area is 130 Å². The average Bonchev–Trinajstić information content (AvgIpc) is 2.73. The van der Waals surface area contributed by atoms with Crippen LogP contribution in [0.1, 0.15) is 23.7 Å². The second-order valence-corrected chi connectivity index (χ2v) is 5.21. The van der Waals surface area contributed by atoms with E-state index >= 15 is 0 Å². The summed E-state index contributed by atoms with van der Waals surface area (Å²) in [5, 5.41) is 0. The lowest BCUT2D eigenvalue weighted by atomic mass is 10.2. The highest BCUT2D eigenvalue weighted by molar-refractivity contribution is 5.94. The molecule has 2 heterocycles. The summed E-state index contributed by atoms with van der Waals surface area (Å²) in [5.74, 6) is 0.134. The molecule has 1 aliphatic rings. The van der Waals surface area contributed by atoms with Crippen molar-refractivity contribution in [3.05, 3.63) is 23.9 Å². The molecule has 7 nitrogen and oxygen atoms in total. The van der Waals surface area contributed by atoms with E-state index in [1.54, 1.807) is 23.2 Å². The quantitative estimate of drug-likeness (QED) is 0.834. The molecule has 0 atom stereocenters. The Hall–Kier alpha value is -2.15. The van der Waals surface area contributed by atoms with Gasteiger partial charge in [-0.25, -0.2) is 4.98 Å². The number of hydrogen-bond donors (Lipinski definition) is 1. The number of rotatable bonds is 5. The lowest BCUT2D eigenvalue weighted by Gasteiger charge is -2.21. The molecule has 0 radical (unpaired) electrons. The number of hydrogen-bond acceptors (Lipinski definition) is 5. The van der Waals surface area contributed by atoms with Crippen molar-refractivity contribution in [1.82, 2.24) is 14.8 Å². The topological polar surface area (TPSA) is 88.8 Å². The van der Waals surface area contributed by atoms with E-state index < -0.39 is 0 Å². The van der Waals surface area contributed by atoms with Crippen LogP contribution in [0.15, 0.2) is 18.3 Å². The van der Waals surface area contributed by atoms with Gasteiger partial charge in [0.25, 0.3) is 5.91 Å². The van der Waals surface area contributed by atoms with Gasteiger partial charge in [-0.05, 0) is 19.4 Å². The first-order valence-corrected chi connectivity index (χ1v) is 7.49. The van der Waals surface area contributed by atoms with Crippen molar-refractivity contribution >= 4 is 11.8 Å². The third kappa shape index (κ3) is 4.42. The molecule has 0 unspecified atom stereocenters. The molecule has 0 aliphatic carbocycles. The van der Waals surface area contributed by atoms with Crippen molar-refractivity contribution in [2.24, 2.45) is 5.73 Å². The van der Waals surface area contributed by atoms with E-state index in [-0.39, 0.29) is 18.4 Å². The Morgan fingerprint density at radius 1 is 1.27 bits per heavy atom. The molecule has 0 spiro atoms. The molecular formula is C15H22N4O3. The number of carbonyl (C=O) groups excluding carboxylic acids is 2. The van der Waals surface area contributed by atoms with Gasteiger partial charge in [-0.3, -0.25) is 14.5 Å². The van der Waals surface area contributed by atoms with Crippen LogP contribution in [0.2, 0.25) is 0 Å². The molecule has 2 N–H and O–H groups in total. The van der Waals surface area contributed by atoms with Crippen LogP contribution in [0.5, 0.6) is 5.88 Å². The fourth-order valence-corrected chi connectivity index (χ4v) is 2.48. The van der Waals surface area contributed by atoms with Crippen LogP contribution < -0.4 is 10.5 Å². The number of primary amides is 1. The normalized spacial score (nSPS) is 16.1. The number of ether oxygens (including phenoxy) is 1. The summed E-state index contributed by atoms with van der Waals surface area (Å²) in [6, 6.07) is 3.43. The molecule has 1 aromatic rings. The predicted molar refractivity (Wildman–Crippen MR) is 81.6 cm³/mol. The standard InChI is InChI=1S/C15H22N4O3/c1-2-22-14-5-4-12(10-17-14)15(21)19-7-3-6-18(8-9-19)11-13(16)20/h4-5,10H,2-3,6-9,11H2,1H3,(H2,16,20). The van der Waals surface area contributed by atoms with Crippen molar-refractivity contribution in [1.29, 1.82) is 0 Å². The molecule has 120 valence electrons. The van der Waals surface area contributed by atoms with Crippen molar-refractivity contribution in [2.45, 2.75) is 13.3 Å². The van der Waals surface area contributed by atoms with Crippen LogP contribution in [0.25, 0.3) is 0 Å². The Morgan fingerprint density at radius 3 is 2.73 bits per heavy atom. The van der Waals surface area contributed by atoms with Gasteiger partial charge < -0.3 is 15.4 Å². The molecule has 1 aromatic heterocycles. The molecule has 1 aliphatic heterocycles. The maximum Gasteiger partial charge on any atom is 0.255 e. The zero-order chi connectivity index (χ0) is 15.9. The summed E-state index contributed by atoms with van der Waals surface area (Å²) < 4.78 is 5.27. The van der Waals surface area contributed by atoms with E-state index in [0.29, 0.717) is 37.7 Å². The van der Waals surface area contributed by atoms with Crippen LogP contribution in [-0.4, -0.2) is 65.9 Å². The van der Waals surface area contributed by atoms with Crippen LogP contribution in [0.4, 0.5) is 0 Å². The Kier molecular flexibility index (Phi) is 5.71. The first kappa shape index (κ1) is 16.2. The minimum absolute atomic E-state index is 0.0449. The lowest BCUT2D eigenvalue weighted by Crippen LogP contribution is -2.38. The Morgan fingerprint density at radius 2 is 2.09 bits per heavy atom. The van der Waals surface area contributed by atoms with E-state index in [1.807, 2.05) is 11.8 Å². The molecule has 2 amide bonds. The smallest absolute Gasteiger partial charge is 0.255 e. The molecule has 22 heavy (non-hydrogen) atoms. The van der Waals surface area contributed by atoms with Gasteiger partial charge in [0, 0.05) is 38.4 Å². The minimum atomic E-state index is -0.338. The molecule has 0 saturated carbocycles. The molecular weight excluding hydrogens is 284 g/mol. The number of nitrogens with two attached hydrogens (primary N) is 1. The van der Waals surface area contributed by atoms with Crippen molar-refractivity contribution < 1.29 is 14.3 Å². The first-order chi connectivity index (χ1) is 10.6. The van der Waals surface area contributed by atoms with Crippen LogP contribution in [0, 0.1) is 0 Å². The number of carbonyl (C=O) groups is 2. The highest BCUT2D eigenvalue weighted by Gasteiger charge is 2.21. The van der Waals surface area contributed by atoms with Crippen LogP contribution in [-0.2, 0) is 4.79 Å². The predicted octanol–water partition coefficient (Wildman–Crippen LogP) is 0.114. The van der Waals surface area contributed by atoms with E-state index in [0.717, 1.165) is 13.0 Å². The first-order valence-electron chi connectivity index (χ1n) is 7.49. The number of amides is 2. The van der Waals surface area contributed by atoms with E-state index in [9.17, 15) is 9.59 Å². The Bertz CT molecular complexity index is 518. The van der Waals surface area contributed by atoms with Crippen LogP contribution in [0.3, 0.4) is 0 Å². The monoisotopic (exact) mass is 306 g/mol. The molecule has 2 rings (SSSR count). The van der Waals surface area contributed by atoms with Gasteiger partial charge in [0.2, 0.25) is 11.8 Å². The molecule has 7 heteroatoms. The van der Waals surface area contributed by atoms with Gasteiger partial charge in [0.05, 0.1) is 18.7 Å². The lowest BCUT2D eigenvalue weighted by molar-refractivity contribution is -0.119. The van der Waals surface area contributed by atoms with E-state index in [4.69, 9.17) is 10.5 Å². The summed E-state index contributed by atoms with van der Waals surface area (Å²) in [5.41, 5.74) is 5.77. The maximum absolute atomic E-state index is 12.5. The second-order valence-electron chi connectivity index (χ2n) is 5.21. The third-order valence-electron chi connectivity index (χ3n) is 3.53. The summed E-state index contributed by atoms with van der Waals surface area (Å²) in [6.45, 7) is 5.35. The number of nitrogens with zero attached hydrogens (tertiary/aromatic N) is 3. The molecule has 0 bridgehead atoms. The number of aromatic nitrogens is 1. The van der Waals surface area contributed by atoms with E-state index in [1.165, 1.54) is 0 Å². The minimum Gasteiger partial charge on any atom is -0.478 e. The zero-order valence-corrected chi connectivity index (χ0v) is 12.8. The van der Waals surface area contributed by atoms with Gasteiger partial charge in [0.15, 0.2) is 0 Å². The largest absolute Gasteiger partial charge is 0.478 e. The molecule has 1 fully saturated rings. The summed E-state index contributed by atoms with van der Waals surface area (Å²) in [6.07, 6.45) is 2.36. The molecule has 1 saturated heterocycles. The van der Waals surface area contributed by atoms with Crippen molar-refractivity contribution in [3.63, 3.8) is 0 Å². The third-order valence-corrected chi connectivity index (χ3v) is 3.53. The average molecular weight is 306 g/mol. The van der Waals surface area contributed by atoms with E-state index in [2.05, 4.69) is 4.98 Å². The van der Waals surface area contributed by atoms with Gasteiger partial charge in [-0.2, -0.15) is 0 Å². The fraction of sp³-hybridized carbons (Fsp3) is 0.533. The maximum atomic E-state index is 12.5. The SMILES string of the molecule is CCOc1ccc(C(=O)N2CCCN(CC(N)=O)CC2)cn1. The summed E-state index contributed by atoms with van der Waals surface area (Å²) in [4.78, 5) is 31.4. The summed E-state index contributed by atoms with van der Waals surface area (Å²) in [7, 11) is 0. The van der Waals surface area contributed by atoms with Crippen molar-refractivity contribution in [3.8, 4) is 5.88 Å². The summed E-state index contributed by atoms with van der Waals surface area (Å²) >= 11 is 0. The second kappa shape index (κ2) is 7.74. The fourth-order valence-electron chi connectivity index (χ4n) is 2.48. The molecule has 0 aromatic carbocycles. The van der Waals surface area contributed by atoms with Gasteiger partial charge in [0.1, 0.15) is 0 Å². The Balaban J connectivity index is 1.95. The zero-order valence-electron chi connectivity index (χ0n) is 12.8. The van der Waals surface area contributed by atoms with Gasteiger partial charge in [-0.1, -0.05) is 0 Å². The van der Waals surface area contributed by atoms with Crippen LogP contribution >= 0.6 is 0 Å². The van der Waals surface area contributed by atoms with Gasteiger partial charge in [-0.15, -0.1) is 0 Å². The van der Waals surface area contributed by atoms with Crippen molar-refractivity contribution in [2.75, 3.05) is 39.3 Å². The van der Waals surface area contributed by atoms with Gasteiger partial charge >= 0.3 is 0 Å².